The van der Waals surface area contributed by atoms with Gasteiger partial charge in [0, 0.05) is 6.61 Å². The molecule has 0 aliphatic heterocycles. The molecule has 78 valence electrons. The Morgan fingerprint density at radius 3 is 3.14 bits per heavy atom. The number of fused-ring (bicyclic) bond motifs is 1. The fourth-order valence-electron chi connectivity index (χ4n) is 4.22. The maximum atomic E-state index is 8.97. The van der Waals surface area contributed by atoms with Crippen molar-refractivity contribution in [1.29, 1.82) is 0 Å². The van der Waals surface area contributed by atoms with Gasteiger partial charge in [-0.1, -0.05) is 18.6 Å². The van der Waals surface area contributed by atoms with Crippen LogP contribution in [0.1, 0.15) is 39.0 Å². The summed E-state index contributed by atoms with van der Waals surface area (Å²) in [6.07, 6.45) is 9.09. The van der Waals surface area contributed by atoms with Crippen molar-refractivity contribution in [2.45, 2.75) is 39.0 Å². The minimum absolute atomic E-state index is 0.375. The highest BCUT2D eigenvalue weighted by Crippen LogP contribution is 2.66. The maximum absolute atomic E-state index is 8.97. The van der Waals surface area contributed by atoms with Crippen LogP contribution in [0, 0.1) is 23.2 Å². The SMILES string of the molecule is CC1C=C2CC3CC1(CCCO)CC23. The molecule has 1 N–H and O–H groups in total. The van der Waals surface area contributed by atoms with E-state index < -0.39 is 0 Å². The van der Waals surface area contributed by atoms with Gasteiger partial charge in [0.1, 0.15) is 0 Å². The molecule has 2 bridgehead atoms. The topological polar surface area (TPSA) is 20.2 Å². The molecule has 3 aliphatic rings. The summed E-state index contributed by atoms with van der Waals surface area (Å²) in [5.74, 6) is 2.75. The summed E-state index contributed by atoms with van der Waals surface area (Å²) in [5, 5.41) is 8.97. The lowest BCUT2D eigenvalue weighted by atomic mass is 9.65. The summed E-state index contributed by atoms with van der Waals surface area (Å²) in [6, 6.07) is 0. The largest absolute Gasteiger partial charge is 0.396 e. The third kappa shape index (κ3) is 0.995. The number of aliphatic hydroxyl groups is 1. The first kappa shape index (κ1) is 8.96. The van der Waals surface area contributed by atoms with Gasteiger partial charge in [0.25, 0.3) is 0 Å². The van der Waals surface area contributed by atoms with Crippen molar-refractivity contribution in [2.75, 3.05) is 6.61 Å². The zero-order chi connectivity index (χ0) is 9.76. The molecule has 0 aromatic rings. The molecule has 0 saturated heterocycles. The van der Waals surface area contributed by atoms with Crippen LogP contribution in [0.3, 0.4) is 0 Å². The van der Waals surface area contributed by atoms with Gasteiger partial charge >= 0.3 is 0 Å². The van der Waals surface area contributed by atoms with E-state index in [0.29, 0.717) is 12.0 Å². The highest BCUT2D eigenvalue weighted by Gasteiger charge is 2.55. The summed E-state index contributed by atoms with van der Waals surface area (Å²) in [7, 11) is 0. The van der Waals surface area contributed by atoms with E-state index in [4.69, 9.17) is 5.11 Å². The Bertz CT molecular complexity index is 281. The number of rotatable bonds is 3. The zero-order valence-electron chi connectivity index (χ0n) is 9.00. The third-order valence-corrected chi connectivity index (χ3v) is 5.10. The summed E-state index contributed by atoms with van der Waals surface area (Å²) in [5.41, 5.74) is 2.34. The molecule has 0 aromatic carbocycles. The summed E-state index contributed by atoms with van der Waals surface area (Å²) >= 11 is 0. The molecule has 1 nitrogen and oxygen atoms in total. The summed E-state index contributed by atoms with van der Waals surface area (Å²) < 4.78 is 0. The van der Waals surface area contributed by atoms with Gasteiger partial charge in [0.2, 0.25) is 0 Å². The van der Waals surface area contributed by atoms with Crippen molar-refractivity contribution in [3.63, 3.8) is 0 Å². The molecular weight excluding hydrogens is 172 g/mol. The molecule has 3 rings (SSSR count). The molecule has 2 fully saturated rings. The van der Waals surface area contributed by atoms with Gasteiger partial charge in [-0.05, 0) is 55.3 Å². The van der Waals surface area contributed by atoms with Crippen LogP contribution >= 0.6 is 0 Å². The monoisotopic (exact) mass is 192 g/mol. The number of allylic oxidation sites excluding steroid dienone is 2. The first-order chi connectivity index (χ1) is 6.75. The fourth-order valence-corrected chi connectivity index (χ4v) is 4.22. The predicted molar refractivity (Wildman–Crippen MR) is 56.8 cm³/mol. The predicted octanol–water partition coefficient (Wildman–Crippen LogP) is 2.75. The smallest absolute Gasteiger partial charge is 0.0431 e. The minimum atomic E-state index is 0.375. The molecule has 4 atom stereocenters. The second kappa shape index (κ2) is 2.85. The van der Waals surface area contributed by atoms with Crippen LogP contribution in [0.2, 0.25) is 0 Å². The average molecular weight is 192 g/mol. The lowest BCUT2D eigenvalue weighted by molar-refractivity contribution is 0.162. The Morgan fingerprint density at radius 1 is 1.50 bits per heavy atom. The van der Waals surface area contributed by atoms with E-state index in [9.17, 15) is 0 Å². The van der Waals surface area contributed by atoms with Crippen LogP contribution in [-0.2, 0) is 0 Å². The molecule has 2 saturated carbocycles. The van der Waals surface area contributed by atoms with E-state index in [-0.39, 0.29) is 0 Å². The molecular formula is C13H20O. The highest BCUT2D eigenvalue weighted by atomic mass is 16.2. The quantitative estimate of drug-likeness (QED) is 0.682. The van der Waals surface area contributed by atoms with Gasteiger partial charge in [-0.3, -0.25) is 0 Å². The van der Waals surface area contributed by atoms with E-state index in [2.05, 4.69) is 13.0 Å². The van der Waals surface area contributed by atoms with Crippen molar-refractivity contribution in [2.24, 2.45) is 23.2 Å². The molecule has 14 heavy (non-hydrogen) atoms. The lowest BCUT2D eigenvalue weighted by Gasteiger charge is -2.40. The first-order valence-electron chi connectivity index (χ1n) is 6.07. The van der Waals surface area contributed by atoms with Crippen molar-refractivity contribution < 1.29 is 5.11 Å². The van der Waals surface area contributed by atoms with Gasteiger partial charge in [0.05, 0.1) is 0 Å². The number of hydrogen-bond acceptors (Lipinski definition) is 1. The maximum Gasteiger partial charge on any atom is 0.0431 e. The van der Waals surface area contributed by atoms with E-state index in [1.165, 1.54) is 25.7 Å². The normalized spacial score (nSPS) is 48.7. The molecule has 0 aromatic heterocycles. The standard InChI is InChI=1S/C13H20O/c1-9-5-10-6-11-7-13(9,3-2-4-14)8-12(10)11/h5,9,11-12,14H,2-4,6-8H2,1H3. The van der Waals surface area contributed by atoms with Gasteiger partial charge in [-0.25, -0.2) is 0 Å². The second-order valence-corrected chi connectivity index (χ2v) is 5.70. The van der Waals surface area contributed by atoms with Crippen LogP contribution in [-0.4, -0.2) is 11.7 Å². The summed E-state index contributed by atoms with van der Waals surface area (Å²) in [6.45, 7) is 2.77. The molecule has 0 radical (unpaired) electrons. The molecule has 0 spiro atoms. The lowest BCUT2D eigenvalue weighted by Crippen LogP contribution is -2.30. The Kier molecular flexibility index (Phi) is 1.82. The third-order valence-electron chi connectivity index (χ3n) is 5.10. The number of aliphatic hydroxyl groups excluding tert-OH is 1. The first-order valence-corrected chi connectivity index (χ1v) is 6.07. The Labute approximate surface area is 86.2 Å². The Morgan fingerprint density at radius 2 is 2.36 bits per heavy atom. The van der Waals surface area contributed by atoms with Gasteiger partial charge in [-0.15, -0.1) is 0 Å². The van der Waals surface area contributed by atoms with Crippen molar-refractivity contribution in [1.82, 2.24) is 0 Å². The van der Waals surface area contributed by atoms with Crippen LogP contribution < -0.4 is 0 Å². The zero-order valence-corrected chi connectivity index (χ0v) is 9.00. The Balaban J connectivity index is 1.83. The van der Waals surface area contributed by atoms with Gasteiger partial charge < -0.3 is 5.11 Å². The van der Waals surface area contributed by atoms with E-state index in [1.54, 1.807) is 5.57 Å². The molecule has 1 heteroatoms. The second-order valence-electron chi connectivity index (χ2n) is 5.70. The minimum Gasteiger partial charge on any atom is -0.396 e. The van der Waals surface area contributed by atoms with Gasteiger partial charge in [-0.2, -0.15) is 0 Å². The van der Waals surface area contributed by atoms with Crippen molar-refractivity contribution in [3.8, 4) is 0 Å². The van der Waals surface area contributed by atoms with Crippen LogP contribution in [0.15, 0.2) is 11.6 Å². The molecule has 0 amide bonds. The molecule has 3 aliphatic carbocycles. The Hall–Kier alpha value is -0.300. The van der Waals surface area contributed by atoms with E-state index in [1.807, 2.05) is 0 Å². The van der Waals surface area contributed by atoms with Crippen LogP contribution in [0.4, 0.5) is 0 Å². The molecule has 0 heterocycles. The highest BCUT2D eigenvalue weighted by molar-refractivity contribution is 5.30. The van der Waals surface area contributed by atoms with Crippen molar-refractivity contribution in [3.05, 3.63) is 11.6 Å². The average Bonchev–Trinajstić information content (AvgIpc) is 2.31. The van der Waals surface area contributed by atoms with Crippen LogP contribution in [0.5, 0.6) is 0 Å². The number of hydrogen-bond donors (Lipinski definition) is 1. The van der Waals surface area contributed by atoms with E-state index >= 15 is 0 Å². The summed E-state index contributed by atoms with van der Waals surface area (Å²) in [4.78, 5) is 0. The van der Waals surface area contributed by atoms with Gasteiger partial charge in [0.15, 0.2) is 0 Å². The van der Waals surface area contributed by atoms with E-state index in [0.717, 1.165) is 24.2 Å². The molecule has 4 unspecified atom stereocenters. The van der Waals surface area contributed by atoms with Crippen molar-refractivity contribution >= 4 is 0 Å². The fraction of sp³-hybridized carbons (Fsp3) is 0.846. The van der Waals surface area contributed by atoms with Crippen LogP contribution in [0.25, 0.3) is 0 Å².